The first kappa shape index (κ1) is 36.3. The number of fused-ring (bicyclic) bond motifs is 2. The van der Waals surface area contributed by atoms with Gasteiger partial charge in [-0.15, -0.1) is 22.7 Å². The van der Waals surface area contributed by atoms with E-state index in [9.17, 15) is 46.1 Å². The van der Waals surface area contributed by atoms with Gasteiger partial charge in [0, 0.05) is 0 Å². The highest BCUT2D eigenvalue weighted by Crippen LogP contribution is 2.57. The molecule has 6 aromatic rings. The number of alkyl halides is 6. The maximum Gasteiger partial charge on any atom is 0.411 e. The monoisotopic (exact) mass is 780 g/mol. The first-order valence-corrected chi connectivity index (χ1v) is 18.1. The zero-order valence-electron chi connectivity index (χ0n) is 25.5. The van der Waals surface area contributed by atoms with E-state index in [-0.39, 0.29) is 23.6 Å². The molecule has 51 heavy (non-hydrogen) atoms. The molecular weight excluding hydrogens is 759 g/mol. The number of para-hydroxylation sites is 2. The predicted octanol–water partition coefficient (Wildman–Crippen LogP) is 9.19. The number of benzene rings is 4. The molecule has 0 unspecified atom stereocenters. The first-order valence-electron chi connectivity index (χ1n) is 14.5. The van der Waals surface area contributed by atoms with E-state index in [1.807, 2.05) is 24.3 Å². The van der Waals surface area contributed by atoms with Gasteiger partial charge in [-0.3, -0.25) is 9.59 Å². The smallest absolute Gasteiger partial charge is 0.411 e. The fourth-order valence-corrected chi connectivity index (χ4v) is 8.91. The number of aromatic nitrogens is 2. The number of hydrogen-bond acceptors (Lipinski definition) is 10. The predicted molar refractivity (Wildman–Crippen MR) is 187 cm³/mol. The summed E-state index contributed by atoms with van der Waals surface area (Å²) in [6, 6.07) is 17.5. The summed E-state index contributed by atoms with van der Waals surface area (Å²) in [5.74, 6) is -3.91. The number of halogens is 6. The molecule has 2 heterocycles. The van der Waals surface area contributed by atoms with E-state index >= 15 is 0 Å². The Morgan fingerprint density at radius 2 is 1.02 bits per heavy atom. The van der Waals surface area contributed by atoms with Crippen molar-refractivity contribution in [1.82, 2.24) is 9.97 Å². The summed E-state index contributed by atoms with van der Waals surface area (Å²) in [5.41, 5.74) is -6.98. The van der Waals surface area contributed by atoms with Crippen LogP contribution in [0.15, 0.2) is 93.6 Å². The molecule has 0 saturated heterocycles. The molecule has 0 fully saturated rings. The molecule has 4 aromatic carbocycles. The van der Waals surface area contributed by atoms with Crippen LogP contribution in [0.3, 0.4) is 0 Å². The molecule has 0 saturated carbocycles. The van der Waals surface area contributed by atoms with Crippen molar-refractivity contribution in [2.75, 3.05) is 22.1 Å². The number of nitrogens with zero attached hydrogens (tertiary/aromatic N) is 2. The number of rotatable bonds is 10. The van der Waals surface area contributed by atoms with Crippen LogP contribution in [0.25, 0.3) is 20.4 Å². The molecule has 2 amide bonds. The van der Waals surface area contributed by atoms with Crippen LogP contribution >= 0.6 is 46.2 Å². The van der Waals surface area contributed by atoms with E-state index in [4.69, 9.17) is 0 Å². The van der Waals surface area contributed by atoms with Crippen molar-refractivity contribution in [3.63, 3.8) is 0 Å². The van der Waals surface area contributed by atoms with Gasteiger partial charge in [0.15, 0.2) is 8.68 Å². The summed E-state index contributed by atoms with van der Waals surface area (Å²) in [6.07, 6.45) is -12.1. The Hall–Kier alpha value is -4.52. The number of aromatic hydroxyl groups is 2. The van der Waals surface area contributed by atoms with Crippen LogP contribution in [0, 0.1) is 0 Å². The molecule has 2 aromatic heterocycles. The summed E-state index contributed by atoms with van der Waals surface area (Å²) in [4.78, 5) is 33.9. The number of amides is 2. The highest BCUT2D eigenvalue weighted by atomic mass is 32.2. The second kappa shape index (κ2) is 14.2. The number of hydrogen-bond donors (Lipinski definition) is 4. The van der Waals surface area contributed by atoms with Crippen molar-refractivity contribution in [3.8, 4) is 11.5 Å². The van der Waals surface area contributed by atoms with Gasteiger partial charge in [-0.25, -0.2) is 9.97 Å². The van der Waals surface area contributed by atoms with Crippen molar-refractivity contribution in [1.29, 1.82) is 0 Å². The minimum absolute atomic E-state index is 0.209. The van der Waals surface area contributed by atoms with E-state index < -0.39 is 63.6 Å². The number of carbonyl (C=O) groups excluding carboxylic acids is 2. The summed E-state index contributed by atoms with van der Waals surface area (Å²) < 4.78 is 91.5. The van der Waals surface area contributed by atoms with E-state index in [0.717, 1.165) is 56.1 Å². The van der Waals surface area contributed by atoms with Crippen LogP contribution in [0.5, 0.6) is 11.5 Å². The molecule has 0 aliphatic rings. The molecule has 0 bridgehead atoms. The van der Waals surface area contributed by atoms with Gasteiger partial charge in [-0.05, 0) is 59.7 Å². The number of carbonyl (C=O) groups is 2. The van der Waals surface area contributed by atoms with Gasteiger partial charge in [0.25, 0.3) is 0 Å². The molecule has 18 heteroatoms. The molecule has 4 N–H and O–H groups in total. The summed E-state index contributed by atoms with van der Waals surface area (Å²) in [5, 5.41) is 25.7. The quantitative estimate of drug-likeness (QED) is 0.0617. The fourth-order valence-electron chi connectivity index (χ4n) is 5.18. The largest absolute Gasteiger partial charge is 0.506 e. The highest BCUT2D eigenvalue weighted by molar-refractivity contribution is 8.02. The van der Waals surface area contributed by atoms with Crippen molar-refractivity contribution in [2.45, 2.75) is 26.4 Å². The van der Waals surface area contributed by atoms with Gasteiger partial charge in [-0.2, -0.15) is 26.3 Å². The number of phenolic OH excluding ortho intramolecular Hbond substituents is 2. The number of thiazole rings is 2. The minimum Gasteiger partial charge on any atom is -0.506 e. The number of nitrogens with one attached hydrogen (secondary N) is 2. The van der Waals surface area contributed by atoms with Crippen LogP contribution in [0.4, 0.5) is 37.7 Å². The summed E-state index contributed by atoms with van der Waals surface area (Å²) in [7, 11) is 0. The Morgan fingerprint density at radius 3 is 1.37 bits per heavy atom. The van der Waals surface area contributed by atoms with Crippen molar-refractivity contribution in [2.24, 2.45) is 0 Å². The molecule has 8 nitrogen and oxygen atoms in total. The third-order valence-corrected chi connectivity index (χ3v) is 11.8. The number of phenols is 2. The van der Waals surface area contributed by atoms with E-state index in [1.54, 1.807) is 24.3 Å². The molecular formula is C33H22F6N4O4S4. The van der Waals surface area contributed by atoms with Crippen molar-refractivity contribution < 1.29 is 46.1 Å². The normalized spacial score (nSPS) is 12.4. The number of thioether (sulfide) groups is 2. The molecule has 0 radical (unpaired) electrons. The molecule has 0 aliphatic heterocycles. The Morgan fingerprint density at radius 1 is 0.627 bits per heavy atom. The van der Waals surface area contributed by atoms with Gasteiger partial charge in [0.05, 0.1) is 43.3 Å². The summed E-state index contributed by atoms with van der Waals surface area (Å²) >= 11 is 4.78. The molecule has 264 valence electrons. The standard InChI is InChI=1S/C33H22F6N4O4S4/c34-32(35,36)31(33(37,38)39,17-9-11-19(23(44)13-17)40-27(46)15-48-29-42-21-5-1-3-7-25(21)50-29)18-10-12-20(24(45)14-18)41-28(47)16-49-30-43-22-6-2-4-8-26(22)51-30/h1-14,44-45H,15-16H2,(H,40,46)(H,41,47). The first-order chi connectivity index (χ1) is 24.2. The Balaban J connectivity index is 1.20. The highest BCUT2D eigenvalue weighted by Gasteiger charge is 2.72. The Kier molecular flexibility index (Phi) is 10.1. The average molecular weight is 781 g/mol. The van der Waals surface area contributed by atoms with E-state index in [1.165, 1.54) is 22.7 Å². The van der Waals surface area contributed by atoms with Gasteiger partial charge in [0.1, 0.15) is 11.5 Å². The van der Waals surface area contributed by atoms with Crippen LogP contribution in [-0.4, -0.2) is 55.9 Å². The van der Waals surface area contributed by atoms with Crippen LogP contribution < -0.4 is 10.6 Å². The summed E-state index contributed by atoms with van der Waals surface area (Å²) in [6.45, 7) is 0. The molecule has 6 rings (SSSR count). The number of anilines is 2. The van der Waals surface area contributed by atoms with Gasteiger partial charge >= 0.3 is 12.4 Å². The zero-order valence-corrected chi connectivity index (χ0v) is 28.8. The lowest BCUT2D eigenvalue weighted by atomic mass is 9.72. The molecule has 0 atom stereocenters. The van der Waals surface area contributed by atoms with Crippen LogP contribution in [0.1, 0.15) is 11.1 Å². The lowest BCUT2D eigenvalue weighted by molar-refractivity contribution is -0.288. The third kappa shape index (κ3) is 7.44. The van der Waals surface area contributed by atoms with Crippen molar-refractivity contribution >= 4 is 89.8 Å². The Labute approximate surface area is 300 Å². The maximum absolute atomic E-state index is 14.8. The van der Waals surface area contributed by atoms with E-state index in [2.05, 4.69) is 20.6 Å². The topological polar surface area (TPSA) is 124 Å². The van der Waals surface area contributed by atoms with Crippen molar-refractivity contribution in [3.05, 3.63) is 96.1 Å². The zero-order chi connectivity index (χ0) is 36.6. The lowest BCUT2D eigenvalue weighted by Crippen LogP contribution is -2.54. The second-order valence-electron chi connectivity index (χ2n) is 10.8. The van der Waals surface area contributed by atoms with Gasteiger partial charge in [-0.1, -0.05) is 59.9 Å². The minimum atomic E-state index is -6.04. The SMILES string of the molecule is O=C(CSc1nc2ccccc2s1)Nc1ccc(C(c2ccc(NC(=O)CSc3nc4ccccc4s3)c(O)c2)(C(F)(F)F)C(F)(F)F)cc1O. The molecule has 0 aliphatic carbocycles. The van der Waals surface area contributed by atoms with Crippen LogP contribution in [-0.2, 0) is 15.0 Å². The van der Waals surface area contributed by atoms with Gasteiger partial charge < -0.3 is 20.8 Å². The maximum atomic E-state index is 14.8. The lowest BCUT2D eigenvalue weighted by Gasteiger charge is -2.38. The second-order valence-corrected chi connectivity index (χ2v) is 15.3. The average Bonchev–Trinajstić information content (AvgIpc) is 3.68. The van der Waals surface area contributed by atoms with Crippen LogP contribution in [0.2, 0.25) is 0 Å². The fraction of sp³-hybridized carbons (Fsp3) is 0.152. The molecule has 0 spiro atoms. The van der Waals surface area contributed by atoms with E-state index in [0.29, 0.717) is 20.8 Å². The third-order valence-electron chi connectivity index (χ3n) is 7.46. The van der Waals surface area contributed by atoms with Gasteiger partial charge in [0.2, 0.25) is 17.2 Å². The Bertz CT molecular complexity index is 2030.